The van der Waals surface area contributed by atoms with E-state index in [4.69, 9.17) is 0 Å². The maximum Gasteiger partial charge on any atom is 0.261 e. The molecule has 0 radical (unpaired) electrons. The topological polar surface area (TPSA) is 61.4 Å². The number of hydrogen-bond acceptors (Lipinski definition) is 5. The second-order valence-electron chi connectivity index (χ2n) is 6.59. The second-order valence-corrected chi connectivity index (χ2v) is 8.57. The first-order valence-corrected chi connectivity index (χ1v) is 10.8. The molecule has 3 heterocycles. The lowest BCUT2D eigenvalue weighted by atomic mass is 9.96. The molecule has 5 nitrogen and oxygen atoms in total. The molecule has 26 heavy (non-hydrogen) atoms. The summed E-state index contributed by atoms with van der Waals surface area (Å²) in [4.78, 5) is 28.3. The van der Waals surface area contributed by atoms with Crippen molar-refractivity contribution in [2.24, 2.45) is 5.92 Å². The first-order chi connectivity index (χ1) is 12.7. The Hall–Kier alpha value is -1.70. The Balaban J connectivity index is 1.26. The van der Waals surface area contributed by atoms with Crippen LogP contribution in [0.1, 0.15) is 33.8 Å². The highest BCUT2D eigenvalue weighted by molar-refractivity contribution is 7.12. The largest absolute Gasteiger partial charge is 0.356 e. The van der Waals surface area contributed by atoms with Gasteiger partial charge in [-0.25, -0.2) is 0 Å². The lowest BCUT2D eigenvalue weighted by Crippen LogP contribution is -2.39. The van der Waals surface area contributed by atoms with E-state index in [0.717, 1.165) is 39.0 Å². The van der Waals surface area contributed by atoms with Crippen molar-refractivity contribution in [2.45, 2.75) is 25.8 Å². The Bertz CT molecular complexity index is 678. The number of amides is 2. The van der Waals surface area contributed by atoms with E-state index >= 15 is 0 Å². The molecule has 0 bridgehead atoms. The Morgan fingerprint density at radius 3 is 2.54 bits per heavy atom. The minimum Gasteiger partial charge on any atom is -0.356 e. The molecule has 0 aliphatic carbocycles. The number of nitrogens with zero attached hydrogens (tertiary/aromatic N) is 1. The van der Waals surface area contributed by atoms with Gasteiger partial charge in [0.1, 0.15) is 0 Å². The van der Waals surface area contributed by atoms with Gasteiger partial charge in [-0.3, -0.25) is 14.5 Å². The molecule has 2 amide bonds. The smallest absolute Gasteiger partial charge is 0.261 e. The lowest BCUT2D eigenvalue weighted by molar-refractivity contribution is -0.121. The average Bonchev–Trinajstić information content (AvgIpc) is 3.35. The van der Waals surface area contributed by atoms with Crippen molar-refractivity contribution >= 4 is 34.5 Å². The molecule has 2 aromatic rings. The lowest BCUT2D eigenvalue weighted by Gasteiger charge is -2.31. The first-order valence-electron chi connectivity index (χ1n) is 9.04. The van der Waals surface area contributed by atoms with Crippen LogP contribution in [-0.2, 0) is 11.3 Å². The van der Waals surface area contributed by atoms with Crippen molar-refractivity contribution in [3.63, 3.8) is 0 Å². The standard InChI is InChI=1S/C19H25N3O2S2/c23-18(5-8-20-19(24)17-4-2-12-26-17)21-13-15-6-9-22(10-7-15)14-16-3-1-11-25-16/h1-4,11-12,15H,5-10,13-14H2,(H,20,24)(H,21,23). The second kappa shape index (κ2) is 9.85. The third kappa shape index (κ3) is 5.93. The third-order valence-corrected chi connectivity index (χ3v) is 6.37. The Morgan fingerprint density at radius 2 is 1.85 bits per heavy atom. The van der Waals surface area contributed by atoms with Gasteiger partial charge in [-0.15, -0.1) is 22.7 Å². The maximum atomic E-state index is 12.0. The molecule has 1 fully saturated rings. The monoisotopic (exact) mass is 391 g/mol. The predicted molar refractivity (Wildman–Crippen MR) is 107 cm³/mol. The molecule has 2 N–H and O–H groups in total. The van der Waals surface area contributed by atoms with E-state index in [2.05, 4.69) is 33.0 Å². The van der Waals surface area contributed by atoms with Crippen LogP contribution < -0.4 is 10.6 Å². The zero-order valence-electron chi connectivity index (χ0n) is 14.8. The number of likely N-dealkylation sites (tertiary alicyclic amines) is 1. The van der Waals surface area contributed by atoms with Gasteiger partial charge in [0.25, 0.3) is 5.91 Å². The van der Waals surface area contributed by atoms with E-state index in [9.17, 15) is 9.59 Å². The van der Waals surface area contributed by atoms with Gasteiger partial charge in [0.2, 0.25) is 5.91 Å². The van der Waals surface area contributed by atoms with E-state index in [1.54, 1.807) is 6.07 Å². The number of thiophene rings is 2. The van der Waals surface area contributed by atoms with Crippen LogP contribution in [-0.4, -0.2) is 42.9 Å². The molecule has 140 valence electrons. The molecule has 2 aromatic heterocycles. The van der Waals surface area contributed by atoms with E-state index in [0.29, 0.717) is 23.8 Å². The Kier molecular flexibility index (Phi) is 7.22. The SMILES string of the molecule is O=C(CCNC(=O)c1cccs1)NCC1CCN(Cc2cccs2)CC1. The van der Waals surface area contributed by atoms with Crippen molar-refractivity contribution in [3.05, 3.63) is 44.8 Å². The van der Waals surface area contributed by atoms with Gasteiger partial charge >= 0.3 is 0 Å². The van der Waals surface area contributed by atoms with Crippen LogP contribution >= 0.6 is 22.7 Å². The van der Waals surface area contributed by atoms with Gasteiger partial charge in [-0.1, -0.05) is 12.1 Å². The Morgan fingerprint density at radius 1 is 1.08 bits per heavy atom. The normalized spacial score (nSPS) is 15.7. The summed E-state index contributed by atoms with van der Waals surface area (Å²) in [5, 5.41) is 9.80. The number of nitrogens with one attached hydrogen (secondary N) is 2. The summed E-state index contributed by atoms with van der Waals surface area (Å²) in [7, 11) is 0. The van der Waals surface area contributed by atoms with Crippen LogP contribution in [0.15, 0.2) is 35.0 Å². The quantitative estimate of drug-likeness (QED) is 0.727. The molecule has 0 atom stereocenters. The summed E-state index contributed by atoms with van der Waals surface area (Å²) >= 11 is 3.22. The molecule has 1 aliphatic heterocycles. The van der Waals surface area contributed by atoms with Crippen LogP contribution in [0.5, 0.6) is 0 Å². The van der Waals surface area contributed by atoms with Crippen molar-refractivity contribution < 1.29 is 9.59 Å². The van der Waals surface area contributed by atoms with Crippen LogP contribution in [0, 0.1) is 5.92 Å². The molecular formula is C19H25N3O2S2. The molecule has 0 unspecified atom stereocenters. The van der Waals surface area contributed by atoms with Crippen molar-refractivity contribution in [2.75, 3.05) is 26.2 Å². The van der Waals surface area contributed by atoms with Crippen LogP contribution in [0.25, 0.3) is 0 Å². The minimum atomic E-state index is -0.106. The molecule has 0 aromatic carbocycles. The van der Waals surface area contributed by atoms with Crippen LogP contribution in [0.2, 0.25) is 0 Å². The fraction of sp³-hybridized carbons (Fsp3) is 0.474. The Labute approximate surface area is 162 Å². The zero-order valence-corrected chi connectivity index (χ0v) is 16.4. The highest BCUT2D eigenvalue weighted by Crippen LogP contribution is 2.20. The van der Waals surface area contributed by atoms with Gasteiger partial charge in [-0.05, 0) is 54.7 Å². The number of rotatable bonds is 8. The van der Waals surface area contributed by atoms with Gasteiger partial charge in [0.15, 0.2) is 0 Å². The zero-order chi connectivity index (χ0) is 18.2. The van der Waals surface area contributed by atoms with Crippen molar-refractivity contribution in [1.29, 1.82) is 0 Å². The molecule has 7 heteroatoms. The number of piperidine rings is 1. The van der Waals surface area contributed by atoms with E-state index in [-0.39, 0.29) is 11.8 Å². The van der Waals surface area contributed by atoms with Gasteiger partial charge in [0, 0.05) is 30.9 Å². The summed E-state index contributed by atoms with van der Waals surface area (Å²) in [6, 6.07) is 7.92. The van der Waals surface area contributed by atoms with E-state index in [1.807, 2.05) is 22.8 Å². The van der Waals surface area contributed by atoms with E-state index < -0.39 is 0 Å². The van der Waals surface area contributed by atoms with Gasteiger partial charge in [-0.2, -0.15) is 0 Å². The molecule has 1 saturated heterocycles. The molecule has 0 spiro atoms. The third-order valence-electron chi connectivity index (χ3n) is 4.64. The summed E-state index contributed by atoms with van der Waals surface area (Å²) in [5.74, 6) is 0.461. The molecule has 3 rings (SSSR count). The highest BCUT2D eigenvalue weighted by Gasteiger charge is 2.20. The number of carbonyl (C=O) groups is 2. The minimum absolute atomic E-state index is 0.0116. The molecule has 1 aliphatic rings. The number of hydrogen-bond donors (Lipinski definition) is 2. The van der Waals surface area contributed by atoms with Crippen LogP contribution in [0.4, 0.5) is 0 Å². The van der Waals surface area contributed by atoms with Crippen molar-refractivity contribution in [3.8, 4) is 0 Å². The summed E-state index contributed by atoms with van der Waals surface area (Å²) in [6.07, 6.45) is 2.58. The fourth-order valence-corrected chi connectivity index (χ4v) is 4.49. The average molecular weight is 392 g/mol. The number of carbonyl (C=O) groups excluding carboxylic acids is 2. The predicted octanol–water partition coefficient (Wildman–Crippen LogP) is 2.96. The van der Waals surface area contributed by atoms with Gasteiger partial charge < -0.3 is 10.6 Å². The summed E-state index contributed by atoms with van der Waals surface area (Å²) in [6.45, 7) is 4.34. The van der Waals surface area contributed by atoms with Gasteiger partial charge in [0.05, 0.1) is 4.88 Å². The van der Waals surface area contributed by atoms with Crippen molar-refractivity contribution in [1.82, 2.24) is 15.5 Å². The van der Waals surface area contributed by atoms with Crippen LogP contribution in [0.3, 0.4) is 0 Å². The molecular weight excluding hydrogens is 366 g/mol. The summed E-state index contributed by atoms with van der Waals surface area (Å²) in [5.41, 5.74) is 0. The summed E-state index contributed by atoms with van der Waals surface area (Å²) < 4.78 is 0. The maximum absolute atomic E-state index is 12.0. The highest BCUT2D eigenvalue weighted by atomic mass is 32.1. The first kappa shape index (κ1) is 19.1. The molecule has 0 saturated carbocycles. The fourth-order valence-electron chi connectivity index (χ4n) is 3.10. The van der Waals surface area contributed by atoms with E-state index in [1.165, 1.54) is 16.2 Å².